The molecule has 0 saturated heterocycles. The van der Waals surface area contributed by atoms with Gasteiger partial charge in [0.15, 0.2) is 0 Å². The zero-order valence-electron chi connectivity index (χ0n) is 6.65. The van der Waals surface area contributed by atoms with Crippen LogP contribution in [0.25, 0.3) is 0 Å². The Hall–Kier alpha value is -1.18. The van der Waals surface area contributed by atoms with Crippen LogP contribution in [-0.4, -0.2) is 22.1 Å². The van der Waals surface area contributed by atoms with Crippen LogP contribution < -0.4 is 5.46 Å². The lowest BCUT2D eigenvalue weighted by Gasteiger charge is -2.01. The molecule has 0 aliphatic carbocycles. The monoisotopic (exact) mass is 219 g/mol. The van der Waals surface area contributed by atoms with Crippen LogP contribution in [-0.2, 0) is 0 Å². The number of hydrogen-bond donors (Lipinski definition) is 2. The summed E-state index contributed by atoms with van der Waals surface area (Å²) in [6.45, 7) is 0. The standard InChI is InChI=1S/C6H4BClFNO4/c8-4-1-3(7(11)12)2-5(6(4)9)10(13)14/h1-2,11-12H. The molecule has 1 aromatic carbocycles. The molecule has 0 atom stereocenters. The molecule has 0 bridgehead atoms. The molecule has 0 unspecified atom stereocenters. The molecule has 74 valence electrons. The maximum absolute atomic E-state index is 13.0. The van der Waals surface area contributed by atoms with Crippen LogP contribution >= 0.6 is 11.6 Å². The highest BCUT2D eigenvalue weighted by molar-refractivity contribution is 6.59. The van der Waals surface area contributed by atoms with Crippen LogP contribution in [0.2, 0.25) is 5.02 Å². The molecular formula is C6H4BClFNO4. The Morgan fingerprint density at radius 1 is 1.50 bits per heavy atom. The van der Waals surface area contributed by atoms with Gasteiger partial charge < -0.3 is 10.0 Å². The minimum Gasteiger partial charge on any atom is -0.423 e. The van der Waals surface area contributed by atoms with Gasteiger partial charge in [0, 0.05) is 6.07 Å². The van der Waals surface area contributed by atoms with Crippen molar-refractivity contribution in [3.8, 4) is 0 Å². The number of benzene rings is 1. The Balaban J connectivity index is 3.35. The second-order valence-electron chi connectivity index (χ2n) is 2.47. The van der Waals surface area contributed by atoms with Gasteiger partial charge in [0.25, 0.3) is 0 Å². The lowest BCUT2D eigenvalue weighted by Crippen LogP contribution is -2.30. The number of nitro benzene ring substituents is 1. The maximum atomic E-state index is 13.0. The molecule has 0 fully saturated rings. The molecule has 1 rings (SSSR count). The van der Waals surface area contributed by atoms with Gasteiger partial charge in [0.2, 0.25) is 5.82 Å². The third kappa shape index (κ3) is 2.01. The molecule has 1 aromatic rings. The summed E-state index contributed by atoms with van der Waals surface area (Å²) >= 11 is 5.31. The molecule has 0 aromatic heterocycles. The first-order valence-corrected chi connectivity index (χ1v) is 3.80. The van der Waals surface area contributed by atoms with Crippen molar-refractivity contribution in [3.63, 3.8) is 0 Å². The molecule has 0 spiro atoms. The Morgan fingerprint density at radius 2 is 2.07 bits per heavy atom. The van der Waals surface area contributed by atoms with Gasteiger partial charge in [0.05, 0.1) is 9.95 Å². The molecule has 0 aliphatic rings. The number of hydrogen-bond acceptors (Lipinski definition) is 4. The number of halogens is 2. The van der Waals surface area contributed by atoms with E-state index in [1.807, 2.05) is 0 Å². The average molecular weight is 219 g/mol. The summed E-state index contributed by atoms with van der Waals surface area (Å²) in [5, 5.41) is 27.2. The zero-order valence-corrected chi connectivity index (χ0v) is 7.40. The van der Waals surface area contributed by atoms with Crippen LogP contribution in [0.15, 0.2) is 12.1 Å². The van der Waals surface area contributed by atoms with E-state index in [4.69, 9.17) is 21.6 Å². The summed E-state index contributed by atoms with van der Waals surface area (Å²) in [4.78, 5) is 9.30. The number of rotatable bonds is 2. The molecular weight excluding hydrogens is 215 g/mol. The molecule has 0 aliphatic heterocycles. The molecule has 2 N–H and O–H groups in total. The Kier molecular flexibility index (Phi) is 3.05. The average Bonchev–Trinajstić information content (AvgIpc) is 2.08. The van der Waals surface area contributed by atoms with Crippen LogP contribution in [0.1, 0.15) is 0 Å². The molecule has 0 radical (unpaired) electrons. The summed E-state index contributed by atoms with van der Waals surface area (Å²) in [6, 6.07) is 1.63. The smallest absolute Gasteiger partial charge is 0.423 e. The van der Waals surface area contributed by atoms with E-state index in [1.54, 1.807) is 0 Å². The van der Waals surface area contributed by atoms with Crippen molar-refractivity contribution >= 4 is 29.9 Å². The van der Waals surface area contributed by atoms with Gasteiger partial charge in [-0.2, -0.15) is 4.39 Å². The Labute approximate surface area is 83.0 Å². The van der Waals surface area contributed by atoms with E-state index in [2.05, 4.69) is 0 Å². The van der Waals surface area contributed by atoms with Crippen molar-refractivity contribution in [2.75, 3.05) is 0 Å². The topological polar surface area (TPSA) is 83.6 Å². The van der Waals surface area contributed by atoms with E-state index in [0.29, 0.717) is 6.07 Å². The van der Waals surface area contributed by atoms with Crippen molar-refractivity contribution in [2.24, 2.45) is 0 Å². The lowest BCUT2D eigenvalue weighted by atomic mass is 9.80. The van der Waals surface area contributed by atoms with Gasteiger partial charge >= 0.3 is 12.8 Å². The summed E-state index contributed by atoms with van der Waals surface area (Å²) < 4.78 is 13.0. The molecule has 0 heterocycles. The SMILES string of the molecule is O=[N+]([O-])c1cc(B(O)O)cc(Cl)c1F. The summed E-state index contributed by atoms with van der Waals surface area (Å²) in [7, 11) is -1.92. The molecule has 5 nitrogen and oxygen atoms in total. The summed E-state index contributed by atoms with van der Waals surface area (Å²) in [6.07, 6.45) is 0. The van der Waals surface area contributed by atoms with Crippen LogP contribution in [0.3, 0.4) is 0 Å². The third-order valence-electron chi connectivity index (χ3n) is 1.53. The highest BCUT2D eigenvalue weighted by Gasteiger charge is 2.23. The Morgan fingerprint density at radius 3 is 2.50 bits per heavy atom. The van der Waals surface area contributed by atoms with E-state index in [9.17, 15) is 14.5 Å². The fourth-order valence-corrected chi connectivity index (χ4v) is 1.10. The van der Waals surface area contributed by atoms with Gasteiger partial charge in [0.1, 0.15) is 0 Å². The van der Waals surface area contributed by atoms with Gasteiger partial charge in [-0.25, -0.2) is 0 Å². The predicted molar refractivity (Wildman–Crippen MR) is 47.9 cm³/mol. The van der Waals surface area contributed by atoms with Gasteiger partial charge in [-0.1, -0.05) is 11.6 Å². The first kappa shape index (κ1) is 10.9. The second kappa shape index (κ2) is 3.91. The lowest BCUT2D eigenvalue weighted by molar-refractivity contribution is -0.387. The maximum Gasteiger partial charge on any atom is 0.488 e. The second-order valence-corrected chi connectivity index (χ2v) is 2.87. The van der Waals surface area contributed by atoms with Gasteiger partial charge in [-0.15, -0.1) is 0 Å². The minimum atomic E-state index is -1.92. The molecule has 8 heteroatoms. The highest BCUT2D eigenvalue weighted by atomic mass is 35.5. The summed E-state index contributed by atoms with van der Waals surface area (Å²) in [5.41, 5.74) is -1.12. The minimum absolute atomic E-state index is 0.233. The Bertz CT molecular complexity index is 386. The zero-order chi connectivity index (χ0) is 10.9. The molecule has 0 saturated carbocycles. The molecule has 14 heavy (non-hydrogen) atoms. The van der Waals surface area contributed by atoms with Crippen molar-refractivity contribution < 1.29 is 19.4 Å². The first-order valence-electron chi connectivity index (χ1n) is 3.43. The first-order chi connectivity index (χ1) is 6.43. The van der Waals surface area contributed by atoms with E-state index < -0.39 is 28.6 Å². The fourth-order valence-electron chi connectivity index (χ4n) is 0.877. The van der Waals surface area contributed by atoms with E-state index in [0.717, 1.165) is 6.07 Å². The number of nitro groups is 1. The van der Waals surface area contributed by atoms with E-state index >= 15 is 0 Å². The molecule has 0 amide bonds. The normalized spacial score (nSPS) is 10.0. The van der Waals surface area contributed by atoms with Crippen molar-refractivity contribution in [3.05, 3.63) is 33.1 Å². The largest absolute Gasteiger partial charge is 0.488 e. The van der Waals surface area contributed by atoms with Crippen LogP contribution in [0.4, 0.5) is 10.1 Å². The van der Waals surface area contributed by atoms with Gasteiger partial charge in [-0.3, -0.25) is 10.1 Å². The van der Waals surface area contributed by atoms with E-state index in [-0.39, 0.29) is 5.46 Å². The fraction of sp³-hybridized carbons (Fsp3) is 0. The quantitative estimate of drug-likeness (QED) is 0.419. The van der Waals surface area contributed by atoms with Crippen LogP contribution in [0.5, 0.6) is 0 Å². The van der Waals surface area contributed by atoms with Crippen molar-refractivity contribution in [1.82, 2.24) is 0 Å². The van der Waals surface area contributed by atoms with E-state index in [1.165, 1.54) is 0 Å². The predicted octanol–water partition coefficient (Wildman–Crippen LogP) is 0.0671. The van der Waals surface area contributed by atoms with Crippen molar-refractivity contribution in [2.45, 2.75) is 0 Å². The third-order valence-corrected chi connectivity index (χ3v) is 1.80. The highest BCUT2D eigenvalue weighted by Crippen LogP contribution is 2.22. The van der Waals surface area contributed by atoms with Crippen LogP contribution in [0, 0.1) is 15.9 Å². The summed E-state index contributed by atoms with van der Waals surface area (Å²) in [5.74, 6) is -1.19. The van der Waals surface area contributed by atoms with Crippen molar-refractivity contribution in [1.29, 1.82) is 0 Å². The number of nitrogens with zero attached hydrogens (tertiary/aromatic N) is 1. The van der Waals surface area contributed by atoms with Gasteiger partial charge in [-0.05, 0) is 11.5 Å².